The second-order valence-corrected chi connectivity index (χ2v) is 9.58. The van der Waals surface area contributed by atoms with E-state index >= 15 is 0 Å². The minimum atomic E-state index is -0.0872. The predicted octanol–water partition coefficient (Wildman–Crippen LogP) is 3.54. The van der Waals surface area contributed by atoms with Gasteiger partial charge in [0.15, 0.2) is 0 Å². The van der Waals surface area contributed by atoms with Crippen molar-refractivity contribution in [3.63, 3.8) is 0 Å². The first-order chi connectivity index (χ1) is 16.4. The number of imidazole rings is 1. The first-order valence-electron chi connectivity index (χ1n) is 11.2. The average Bonchev–Trinajstić information content (AvgIpc) is 3.39. The van der Waals surface area contributed by atoms with E-state index in [-0.39, 0.29) is 17.5 Å². The highest BCUT2D eigenvalue weighted by atomic mass is 79.9. The zero-order valence-corrected chi connectivity index (χ0v) is 20.6. The zero-order valence-electron chi connectivity index (χ0n) is 19.0. The van der Waals surface area contributed by atoms with E-state index in [1.165, 1.54) is 0 Å². The number of hydrogen-bond donors (Lipinski definition) is 1. The summed E-state index contributed by atoms with van der Waals surface area (Å²) in [7, 11) is 3.48. The Kier molecular flexibility index (Phi) is 6.09. The quantitative estimate of drug-likeness (QED) is 0.428. The number of aromatic nitrogens is 4. The SMILES string of the molecule is Cn1c(=O)n(C)c2cc(NC(=O)C3CCN(Cc4nc(-c5cccc(Br)c5)no4)CC3)ccc21. The lowest BCUT2D eigenvalue weighted by molar-refractivity contribution is -0.121. The van der Waals surface area contributed by atoms with E-state index in [1.54, 1.807) is 23.2 Å². The van der Waals surface area contributed by atoms with Crippen LogP contribution in [0, 0.1) is 5.92 Å². The molecular formula is C24H25BrN6O3. The molecule has 0 aliphatic carbocycles. The van der Waals surface area contributed by atoms with Crippen LogP contribution >= 0.6 is 15.9 Å². The van der Waals surface area contributed by atoms with Gasteiger partial charge in [0.1, 0.15) is 0 Å². The number of nitrogens with one attached hydrogen (secondary N) is 1. The van der Waals surface area contributed by atoms with Crippen LogP contribution in [0.5, 0.6) is 0 Å². The number of anilines is 1. The lowest BCUT2D eigenvalue weighted by Gasteiger charge is -2.30. The summed E-state index contributed by atoms with van der Waals surface area (Å²) >= 11 is 3.46. The number of fused-ring (bicyclic) bond motifs is 1. The number of aryl methyl sites for hydroxylation is 2. The molecule has 1 fully saturated rings. The number of amides is 1. The standard InChI is InChI=1S/C24H25BrN6O3/c1-29-19-7-6-18(13-20(19)30(2)24(29)33)26-23(32)15-8-10-31(11-9-15)14-21-27-22(28-34-21)16-4-3-5-17(25)12-16/h3-7,12-13,15H,8-11,14H2,1-2H3,(H,26,32). The Hall–Kier alpha value is -3.24. The molecule has 1 N–H and O–H groups in total. The number of hydrogen-bond acceptors (Lipinski definition) is 6. The smallest absolute Gasteiger partial charge is 0.328 e. The molecule has 3 heterocycles. The molecule has 34 heavy (non-hydrogen) atoms. The van der Waals surface area contributed by atoms with Crippen LogP contribution < -0.4 is 11.0 Å². The molecule has 1 aliphatic heterocycles. The summed E-state index contributed by atoms with van der Waals surface area (Å²) in [6, 6.07) is 13.3. The van der Waals surface area contributed by atoms with Gasteiger partial charge in [-0.1, -0.05) is 33.2 Å². The maximum Gasteiger partial charge on any atom is 0.328 e. The molecule has 0 unspecified atom stereocenters. The molecule has 0 spiro atoms. The molecule has 0 radical (unpaired) electrons. The number of likely N-dealkylation sites (tertiary alicyclic amines) is 1. The fourth-order valence-electron chi connectivity index (χ4n) is 4.44. The monoisotopic (exact) mass is 524 g/mol. The largest absolute Gasteiger partial charge is 0.338 e. The van der Waals surface area contributed by atoms with Crippen LogP contribution in [0.25, 0.3) is 22.4 Å². The molecule has 0 atom stereocenters. The first kappa shape index (κ1) is 22.5. The van der Waals surface area contributed by atoms with Gasteiger partial charge >= 0.3 is 5.69 Å². The van der Waals surface area contributed by atoms with Gasteiger partial charge in [0, 0.05) is 35.7 Å². The van der Waals surface area contributed by atoms with Gasteiger partial charge in [-0.05, 0) is 56.3 Å². The van der Waals surface area contributed by atoms with Crippen LogP contribution in [0.4, 0.5) is 5.69 Å². The minimum absolute atomic E-state index is 0.00895. The van der Waals surface area contributed by atoms with Crippen LogP contribution in [-0.2, 0) is 25.4 Å². The third-order valence-corrected chi connectivity index (χ3v) is 6.90. The van der Waals surface area contributed by atoms with E-state index in [4.69, 9.17) is 4.52 Å². The van der Waals surface area contributed by atoms with Crippen molar-refractivity contribution < 1.29 is 9.32 Å². The lowest BCUT2D eigenvalue weighted by atomic mass is 9.96. The molecule has 2 aromatic heterocycles. The maximum atomic E-state index is 12.9. The summed E-state index contributed by atoms with van der Waals surface area (Å²) in [5.74, 6) is 1.08. The topological polar surface area (TPSA) is 98.2 Å². The predicted molar refractivity (Wildman–Crippen MR) is 132 cm³/mol. The van der Waals surface area contributed by atoms with Gasteiger partial charge in [0.25, 0.3) is 0 Å². The number of nitrogens with zero attached hydrogens (tertiary/aromatic N) is 5. The van der Waals surface area contributed by atoms with Crippen molar-refractivity contribution in [1.29, 1.82) is 0 Å². The number of carbonyl (C=O) groups excluding carboxylic acids is 1. The van der Waals surface area contributed by atoms with E-state index in [1.807, 2.05) is 42.5 Å². The highest BCUT2D eigenvalue weighted by Crippen LogP contribution is 2.24. The fraction of sp³-hybridized carbons (Fsp3) is 0.333. The van der Waals surface area contributed by atoms with Crippen molar-refractivity contribution in [3.05, 3.63) is 63.3 Å². The number of rotatable bonds is 5. The summed E-state index contributed by atoms with van der Waals surface area (Å²) in [5.41, 5.74) is 3.14. The average molecular weight is 525 g/mol. The summed E-state index contributed by atoms with van der Waals surface area (Å²) in [5, 5.41) is 7.12. The number of benzene rings is 2. The molecule has 2 aromatic carbocycles. The molecule has 4 aromatic rings. The van der Waals surface area contributed by atoms with E-state index in [0.29, 0.717) is 23.9 Å². The van der Waals surface area contributed by atoms with E-state index < -0.39 is 0 Å². The first-order valence-corrected chi connectivity index (χ1v) is 12.0. The minimum Gasteiger partial charge on any atom is -0.338 e. The van der Waals surface area contributed by atoms with E-state index in [9.17, 15) is 9.59 Å². The highest BCUT2D eigenvalue weighted by molar-refractivity contribution is 9.10. The van der Waals surface area contributed by atoms with E-state index in [2.05, 4.69) is 36.3 Å². The second-order valence-electron chi connectivity index (χ2n) is 8.67. The summed E-state index contributed by atoms with van der Waals surface area (Å²) < 4.78 is 9.59. The van der Waals surface area contributed by atoms with E-state index in [0.717, 1.165) is 47.0 Å². The Labute approximate surface area is 204 Å². The van der Waals surface area contributed by atoms with Crippen molar-refractivity contribution in [2.24, 2.45) is 20.0 Å². The summed E-state index contributed by atoms with van der Waals surface area (Å²) in [6.45, 7) is 2.12. The van der Waals surface area contributed by atoms with Crippen molar-refractivity contribution in [2.75, 3.05) is 18.4 Å². The Morgan fingerprint density at radius 3 is 2.65 bits per heavy atom. The molecular weight excluding hydrogens is 500 g/mol. The maximum absolute atomic E-state index is 12.9. The molecule has 0 saturated carbocycles. The van der Waals surface area contributed by atoms with Crippen molar-refractivity contribution in [2.45, 2.75) is 19.4 Å². The van der Waals surface area contributed by atoms with Crippen LogP contribution in [0.15, 0.2) is 56.3 Å². The third-order valence-electron chi connectivity index (χ3n) is 6.41. The normalized spacial score (nSPS) is 15.1. The summed E-state index contributed by atoms with van der Waals surface area (Å²) in [4.78, 5) is 31.7. The molecule has 0 bridgehead atoms. The van der Waals surface area contributed by atoms with Crippen LogP contribution in [-0.4, -0.2) is 43.2 Å². The Balaban J connectivity index is 1.17. The van der Waals surface area contributed by atoms with Gasteiger partial charge in [0.05, 0.1) is 17.6 Å². The Bertz CT molecular complexity index is 1410. The summed E-state index contributed by atoms with van der Waals surface area (Å²) in [6.07, 6.45) is 1.51. The van der Waals surface area contributed by atoms with Crippen molar-refractivity contribution in [3.8, 4) is 11.4 Å². The van der Waals surface area contributed by atoms with Crippen LogP contribution in [0.2, 0.25) is 0 Å². The molecule has 5 rings (SSSR count). The Morgan fingerprint density at radius 2 is 1.88 bits per heavy atom. The lowest BCUT2D eigenvalue weighted by Crippen LogP contribution is -2.37. The molecule has 1 saturated heterocycles. The van der Waals surface area contributed by atoms with Gasteiger partial charge in [-0.3, -0.25) is 18.8 Å². The number of carbonyl (C=O) groups is 1. The third kappa shape index (κ3) is 4.43. The fourth-order valence-corrected chi connectivity index (χ4v) is 4.84. The van der Waals surface area contributed by atoms with Crippen LogP contribution in [0.1, 0.15) is 18.7 Å². The van der Waals surface area contributed by atoms with Gasteiger partial charge in [-0.25, -0.2) is 4.79 Å². The number of piperidine rings is 1. The highest BCUT2D eigenvalue weighted by Gasteiger charge is 2.26. The van der Waals surface area contributed by atoms with Gasteiger partial charge < -0.3 is 9.84 Å². The molecule has 9 nitrogen and oxygen atoms in total. The molecule has 1 aliphatic rings. The van der Waals surface area contributed by atoms with Crippen LogP contribution in [0.3, 0.4) is 0 Å². The second kappa shape index (κ2) is 9.19. The number of halogens is 1. The van der Waals surface area contributed by atoms with Gasteiger partial charge in [0.2, 0.25) is 17.6 Å². The van der Waals surface area contributed by atoms with Gasteiger partial charge in [-0.2, -0.15) is 4.98 Å². The van der Waals surface area contributed by atoms with Crippen molar-refractivity contribution >= 4 is 38.6 Å². The van der Waals surface area contributed by atoms with Crippen molar-refractivity contribution in [1.82, 2.24) is 24.2 Å². The Morgan fingerprint density at radius 1 is 1.12 bits per heavy atom. The van der Waals surface area contributed by atoms with Gasteiger partial charge in [-0.15, -0.1) is 0 Å². The molecule has 1 amide bonds. The molecule has 176 valence electrons. The zero-order chi connectivity index (χ0) is 23.8. The molecule has 10 heteroatoms.